The van der Waals surface area contributed by atoms with E-state index in [1.807, 2.05) is 35.2 Å². The van der Waals surface area contributed by atoms with E-state index in [0.29, 0.717) is 18.1 Å². The molecular weight excluding hydrogens is 312 g/mol. The number of aromatic nitrogens is 2. The van der Waals surface area contributed by atoms with E-state index >= 15 is 0 Å². The molecule has 23 heavy (non-hydrogen) atoms. The summed E-state index contributed by atoms with van der Waals surface area (Å²) in [6.07, 6.45) is 6.88. The first-order chi connectivity index (χ1) is 11.2. The summed E-state index contributed by atoms with van der Waals surface area (Å²) in [4.78, 5) is 24.7. The number of hydrogen-bond acceptors (Lipinski definition) is 4. The molecule has 2 aromatic rings. The van der Waals surface area contributed by atoms with E-state index in [9.17, 15) is 4.79 Å². The molecule has 0 aliphatic carbocycles. The lowest BCUT2D eigenvalue weighted by molar-refractivity contribution is -0.126. The minimum absolute atomic E-state index is 0.0218. The van der Waals surface area contributed by atoms with Gasteiger partial charge >= 0.3 is 0 Å². The molecule has 1 aromatic carbocycles. The number of carbonyl (C=O) groups is 1. The Kier molecular flexibility index (Phi) is 4.88. The third kappa shape index (κ3) is 4.07. The first-order valence-electron chi connectivity index (χ1n) is 7.47. The van der Waals surface area contributed by atoms with Crippen LogP contribution in [0.1, 0.15) is 5.56 Å². The van der Waals surface area contributed by atoms with Crippen LogP contribution in [0.5, 0.6) is 0 Å². The van der Waals surface area contributed by atoms with Gasteiger partial charge in [0.1, 0.15) is 0 Å². The Morgan fingerprint density at radius 1 is 1.04 bits per heavy atom. The van der Waals surface area contributed by atoms with Crippen LogP contribution in [0.3, 0.4) is 0 Å². The normalized spacial score (nSPS) is 15.2. The van der Waals surface area contributed by atoms with Crippen LogP contribution < -0.4 is 4.90 Å². The molecule has 1 aromatic heterocycles. The fourth-order valence-corrected chi connectivity index (χ4v) is 2.55. The summed E-state index contributed by atoms with van der Waals surface area (Å²) in [7, 11) is 0. The van der Waals surface area contributed by atoms with Gasteiger partial charge in [0.2, 0.25) is 11.9 Å². The molecule has 0 radical (unpaired) electrons. The van der Waals surface area contributed by atoms with Gasteiger partial charge in [0.05, 0.1) is 0 Å². The topological polar surface area (TPSA) is 49.3 Å². The molecule has 0 N–H and O–H groups in total. The van der Waals surface area contributed by atoms with Gasteiger partial charge in [0, 0.05) is 49.7 Å². The molecule has 0 unspecified atom stereocenters. The summed E-state index contributed by atoms with van der Waals surface area (Å²) in [5.74, 6) is 0.741. The number of hydrogen-bond donors (Lipinski definition) is 0. The molecule has 118 valence electrons. The molecule has 1 aliphatic heterocycles. The number of carbonyl (C=O) groups excluding carboxylic acids is 1. The van der Waals surface area contributed by atoms with Crippen molar-refractivity contribution in [1.29, 1.82) is 0 Å². The predicted octanol–water partition coefficient (Wildman–Crippen LogP) is 2.49. The van der Waals surface area contributed by atoms with Crippen molar-refractivity contribution in [3.63, 3.8) is 0 Å². The highest BCUT2D eigenvalue weighted by Crippen LogP contribution is 2.12. The molecular formula is C17H17ClN4O. The van der Waals surface area contributed by atoms with Gasteiger partial charge in [-0.1, -0.05) is 23.7 Å². The summed E-state index contributed by atoms with van der Waals surface area (Å²) < 4.78 is 0. The standard InChI is InChI=1S/C17H17ClN4O/c18-15-5-2-14(3-6-15)4-7-16(23)21-10-12-22(13-11-21)17-19-8-1-9-20-17/h1-9H,10-13H2/b7-4-. The van der Waals surface area contributed by atoms with Gasteiger partial charge in [-0.15, -0.1) is 0 Å². The molecule has 0 atom stereocenters. The molecule has 3 rings (SSSR count). The van der Waals surface area contributed by atoms with Crippen molar-refractivity contribution in [2.45, 2.75) is 0 Å². The average Bonchev–Trinajstić information content (AvgIpc) is 2.62. The van der Waals surface area contributed by atoms with Crippen molar-refractivity contribution < 1.29 is 4.79 Å². The SMILES string of the molecule is O=C(/C=C\c1ccc(Cl)cc1)N1CCN(c2ncccn2)CC1. The Balaban J connectivity index is 1.55. The Bertz CT molecular complexity index is 679. The molecule has 1 saturated heterocycles. The van der Waals surface area contributed by atoms with E-state index in [-0.39, 0.29) is 5.91 Å². The zero-order valence-electron chi connectivity index (χ0n) is 12.6. The number of halogens is 1. The second-order valence-corrected chi connectivity index (χ2v) is 5.68. The van der Waals surface area contributed by atoms with Gasteiger partial charge in [-0.2, -0.15) is 0 Å². The summed E-state index contributed by atoms with van der Waals surface area (Å²) in [6.45, 7) is 2.82. The second-order valence-electron chi connectivity index (χ2n) is 5.25. The lowest BCUT2D eigenvalue weighted by Gasteiger charge is -2.34. The van der Waals surface area contributed by atoms with Crippen molar-refractivity contribution in [1.82, 2.24) is 14.9 Å². The molecule has 0 spiro atoms. The first-order valence-corrected chi connectivity index (χ1v) is 7.85. The van der Waals surface area contributed by atoms with Crippen LogP contribution in [-0.4, -0.2) is 47.0 Å². The summed E-state index contributed by atoms with van der Waals surface area (Å²) in [6, 6.07) is 9.19. The maximum atomic E-state index is 12.2. The quantitative estimate of drug-likeness (QED) is 0.812. The van der Waals surface area contributed by atoms with E-state index < -0.39 is 0 Å². The van der Waals surface area contributed by atoms with Crippen molar-refractivity contribution in [2.75, 3.05) is 31.1 Å². The Labute approximate surface area is 140 Å². The van der Waals surface area contributed by atoms with E-state index in [1.165, 1.54) is 0 Å². The van der Waals surface area contributed by atoms with E-state index in [2.05, 4.69) is 14.9 Å². The van der Waals surface area contributed by atoms with Crippen molar-refractivity contribution >= 4 is 29.5 Å². The van der Waals surface area contributed by atoms with Crippen LogP contribution in [-0.2, 0) is 4.79 Å². The van der Waals surface area contributed by atoms with Crippen LogP contribution >= 0.6 is 11.6 Å². The zero-order chi connectivity index (χ0) is 16.1. The van der Waals surface area contributed by atoms with Crippen molar-refractivity contribution in [3.8, 4) is 0 Å². The number of nitrogens with zero attached hydrogens (tertiary/aromatic N) is 4. The minimum Gasteiger partial charge on any atom is -0.337 e. The van der Waals surface area contributed by atoms with Gasteiger partial charge in [-0.05, 0) is 29.8 Å². The van der Waals surface area contributed by atoms with Gasteiger partial charge < -0.3 is 9.80 Å². The molecule has 1 fully saturated rings. The predicted molar refractivity (Wildman–Crippen MR) is 91.3 cm³/mol. The van der Waals surface area contributed by atoms with E-state index in [1.54, 1.807) is 24.5 Å². The van der Waals surface area contributed by atoms with E-state index in [4.69, 9.17) is 11.6 Å². The summed E-state index contributed by atoms with van der Waals surface area (Å²) >= 11 is 5.85. The Morgan fingerprint density at radius 2 is 1.70 bits per heavy atom. The molecule has 0 bridgehead atoms. The van der Waals surface area contributed by atoms with Crippen LogP contribution in [0, 0.1) is 0 Å². The summed E-state index contributed by atoms with van der Waals surface area (Å²) in [5.41, 5.74) is 0.957. The van der Waals surface area contributed by atoms with Crippen molar-refractivity contribution in [2.24, 2.45) is 0 Å². The number of amides is 1. The third-order valence-corrected chi connectivity index (χ3v) is 3.97. The smallest absolute Gasteiger partial charge is 0.246 e. The van der Waals surface area contributed by atoms with Gasteiger partial charge in [0.15, 0.2) is 0 Å². The van der Waals surface area contributed by atoms with Gasteiger partial charge in [-0.3, -0.25) is 4.79 Å². The summed E-state index contributed by atoms with van der Waals surface area (Å²) in [5, 5.41) is 0.688. The van der Waals surface area contributed by atoms with Crippen LogP contribution in [0.4, 0.5) is 5.95 Å². The molecule has 5 nitrogen and oxygen atoms in total. The van der Waals surface area contributed by atoms with Crippen LogP contribution in [0.2, 0.25) is 5.02 Å². The average molecular weight is 329 g/mol. The maximum Gasteiger partial charge on any atom is 0.246 e. The monoisotopic (exact) mass is 328 g/mol. The number of benzene rings is 1. The fraction of sp³-hybridized carbons (Fsp3) is 0.235. The van der Waals surface area contributed by atoms with Crippen LogP contribution in [0.15, 0.2) is 48.8 Å². The van der Waals surface area contributed by atoms with Gasteiger partial charge in [0.25, 0.3) is 0 Å². The maximum absolute atomic E-state index is 12.2. The minimum atomic E-state index is 0.0218. The lowest BCUT2D eigenvalue weighted by Crippen LogP contribution is -2.48. The second kappa shape index (κ2) is 7.24. The zero-order valence-corrected chi connectivity index (χ0v) is 13.4. The highest BCUT2D eigenvalue weighted by molar-refractivity contribution is 6.30. The highest BCUT2D eigenvalue weighted by Gasteiger charge is 2.20. The molecule has 1 aliphatic rings. The largest absolute Gasteiger partial charge is 0.337 e. The Hall–Kier alpha value is -2.40. The molecule has 2 heterocycles. The lowest BCUT2D eigenvalue weighted by atomic mass is 10.2. The van der Waals surface area contributed by atoms with Crippen LogP contribution in [0.25, 0.3) is 6.08 Å². The number of piperazine rings is 1. The van der Waals surface area contributed by atoms with Gasteiger partial charge in [-0.25, -0.2) is 9.97 Å². The number of rotatable bonds is 3. The fourth-order valence-electron chi connectivity index (χ4n) is 2.43. The molecule has 0 saturated carbocycles. The Morgan fingerprint density at radius 3 is 2.35 bits per heavy atom. The first kappa shape index (κ1) is 15.5. The third-order valence-electron chi connectivity index (χ3n) is 3.71. The molecule has 6 heteroatoms. The highest BCUT2D eigenvalue weighted by atomic mass is 35.5. The number of anilines is 1. The van der Waals surface area contributed by atoms with Crippen molar-refractivity contribution in [3.05, 3.63) is 59.4 Å². The van der Waals surface area contributed by atoms with E-state index in [0.717, 1.165) is 24.6 Å². The molecule has 1 amide bonds.